The number of aliphatic hydroxyl groups excluding tert-OH is 1. The molecular formula is C17H20FNO2. The first-order valence-corrected chi connectivity index (χ1v) is 7.14. The normalized spacial score (nSPS) is 19.7. The lowest BCUT2D eigenvalue weighted by Gasteiger charge is -2.25. The van der Waals surface area contributed by atoms with Crippen molar-refractivity contribution in [3.63, 3.8) is 0 Å². The van der Waals surface area contributed by atoms with Crippen LogP contribution < -0.4 is 5.32 Å². The first-order valence-electron chi connectivity index (χ1n) is 7.14. The number of amides is 1. The van der Waals surface area contributed by atoms with Crippen LogP contribution in [0, 0.1) is 29.0 Å². The Labute approximate surface area is 124 Å². The van der Waals surface area contributed by atoms with Crippen molar-refractivity contribution in [3.8, 4) is 11.8 Å². The fraction of sp³-hybridized carbons (Fsp3) is 0.471. The Morgan fingerprint density at radius 3 is 2.90 bits per heavy atom. The molecule has 1 atom stereocenters. The van der Waals surface area contributed by atoms with Gasteiger partial charge in [-0.2, -0.15) is 0 Å². The minimum atomic E-state index is -0.463. The molecule has 0 heterocycles. The molecule has 3 nitrogen and oxygen atoms in total. The van der Waals surface area contributed by atoms with Gasteiger partial charge in [-0.15, -0.1) is 0 Å². The van der Waals surface area contributed by atoms with Crippen molar-refractivity contribution < 1.29 is 14.3 Å². The summed E-state index contributed by atoms with van der Waals surface area (Å²) in [4.78, 5) is 12.4. The highest BCUT2D eigenvalue weighted by atomic mass is 19.1. The van der Waals surface area contributed by atoms with Crippen LogP contribution in [0.15, 0.2) is 18.2 Å². The van der Waals surface area contributed by atoms with Gasteiger partial charge >= 0.3 is 0 Å². The Morgan fingerprint density at radius 1 is 1.52 bits per heavy atom. The van der Waals surface area contributed by atoms with Crippen LogP contribution in [-0.4, -0.2) is 17.6 Å². The summed E-state index contributed by atoms with van der Waals surface area (Å²) in [6.45, 7) is 3.88. The molecule has 2 rings (SSSR count). The zero-order chi connectivity index (χ0) is 15.5. The molecule has 1 aromatic rings. The van der Waals surface area contributed by atoms with Crippen LogP contribution in [0.25, 0.3) is 0 Å². The second-order valence-corrected chi connectivity index (χ2v) is 6.08. The average Bonchev–Trinajstić information content (AvgIpc) is 2.79. The molecule has 0 aromatic heterocycles. The van der Waals surface area contributed by atoms with Crippen LogP contribution in [0.3, 0.4) is 0 Å². The zero-order valence-corrected chi connectivity index (χ0v) is 12.4. The number of aliphatic hydroxyl groups is 1. The predicted molar refractivity (Wildman–Crippen MR) is 80.1 cm³/mol. The van der Waals surface area contributed by atoms with Crippen LogP contribution in [0.4, 0.5) is 10.1 Å². The molecule has 4 heteroatoms. The van der Waals surface area contributed by atoms with Crippen LogP contribution >= 0.6 is 0 Å². The molecule has 1 aromatic carbocycles. The number of carbonyl (C=O) groups excluding carboxylic acids is 1. The van der Waals surface area contributed by atoms with E-state index in [9.17, 15) is 9.18 Å². The van der Waals surface area contributed by atoms with E-state index in [0.29, 0.717) is 5.69 Å². The highest BCUT2D eigenvalue weighted by molar-refractivity contribution is 5.93. The van der Waals surface area contributed by atoms with Gasteiger partial charge in [-0.25, -0.2) is 4.39 Å². The highest BCUT2D eigenvalue weighted by Crippen LogP contribution is 2.43. The van der Waals surface area contributed by atoms with E-state index in [2.05, 4.69) is 31.0 Å². The van der Waals surface area contributed by atoms with Crippen molar-refractivity contribution in [1.82, 2.24) is 0 Å². The third-order valence-corrected chi connectivity index (χ3v) is 4.11. The number of halogens is 1. The minimum Gasteiger partial charge on any atom is -0.384 e. The number of hydrogen-bond acceptors (Lipinski definition) is 2. The Balaban J connectivity index is 2.14. The predicted octanol–water partition coefficient (Wildman–Crippen LogP) is 2.93. The highest BCUT2D eigenvalue weighted by Gasteiger charge is 2.39. The van der Waals surface area contributed by atoms with Crippen LogP contribution in [0.2, 0.25) is 0 Å². The molecule has 1 saturated carbocycles. The Hall–Kier alpha value is -1.86. The summed E-state index contributed by atoms with van der Waals surface area (Å²) in [5, 5.41) is 11.5. The van der Waals surface area contributed by atoms with Gasteiger partial charge in [0.1, 0.15) is 12.4 Å². The minimum absolute atomic E-state index is 0.00361. The molecule has 1 aliphatic carbocycles. The number of anilines is 1. The quantitative estimate of drug-likeness (QED) is 0.822. The zero-order valence-electron chi connectivity index (χ0n) is 12.4. The number of hydrogen-bond donors (Lipinski definition) is 2. The molecule has 0 saturated heterocycles. The van der Waals surface area contributed by atoms with Crippen LogP contribution in [0.5, 0.6) is 0 Å². The third kappa shape index (κ3) is 3.62. The maximum absolute atomic E-state index is 13.6. The molecule has 0 aliphatic heterocycles. The molecule has 1 unspecified atom stereocenters. The SMILES string of the molecule is CC1(C)CCCC1C(=O)Nc1ccc(F)c(C#CCO)c1. The number of nitrogens with one attached hydrogen (secondary N) is 1. The van der Waals surface area contributed by atoms with E-state index >= 15 is 0 Å². The van der Waals surface area contributed by atoms with Gasteiger partial charge in [0.25, 0.3) is 0 Å². The molecule has 0 radical (unpaired) electrons. The molecule has 112 valence electrons. The maximum Gasteiger partial charge on any atom is 0.228 e. The van der Waals surface area contributed by atoms with Gasteiger partial charge in [0.05, 0.1) is 5.56 Å². The fourth-order valence-electron chi connectivity index (χ4n) is 2.88. The Bertz CT molecular complexity index is 599. The summed E-state index contributed by atoms with van der Waals surface area (Å²) in [6.07, 6.45) is 2.99. The smallest absolute Gasteiger partial charge is 0.228 e. The van der Waals surface area contributed by atoms with Gasteiger partial charge in [-0.1, -0.05) is 32.1 Å². The van der Waals surface area contributed by atoms with Crippen molar-refractivity contribution in [2.24, 2.45) is 11.3 Å². The van der Waals surface area contributed by atoms with Gasteiger partial charge < -0.3 is 10.4 Å². The summed E-state index contributed by atoms with van der Waals surface area (Å²) in [5.41, 5.74) is 0.711. The molecule has 1 aliphatic rings. The number of carbonyl (C=O) groups is 1. The van der Waals surface area contributed by atoms with Crippen molar-refractivity contribution in [1.29, 1.82) is 0 Å². The molecule has 2 N–H and O–H groups in total. The fourth-order valence-corrected chi connectivity index (χ4v) is 2.88. The van der Waals surface area contributed by atoms with Crippen LogP contribution in [0.1, 0.15) is 38.7 Å². The van der Waals surface area contributed by atoms with Crippen molar-refractivity contribution in [2.45, 2.75) is 33.1 Å². The van der Waals surface area contributed by atoms with Gasteiger partial charge in [0.15, 0.2) is 0 Å². The summed E-state index contributed by atoms with van der Waals surface area (Å²) >= 11 is 0. The molecule has 0 bridgehead atoms. The molecular weight excluding hydrogens is 269 g/mol. The van der Waals surface area contributed by atoms with Crippen molar-refractivity contribution in [3.05, 3.63) is 29.6 Å². The number of rotatable bonds is 2. The van der Waals surface area contributed by atoms with Gasteiger partial charge in [0, 0.05) is 11.6 Å². The first kappa shape index (κ1) is 15.5. The van der Waals surface area contributed by atoms with Gasteiger partial charge in [-0.3, -0.25) is 4.79 Å². The Morgan fingerprint density at radius 2 is 2.29 bits per heavy atom. The van der Waals surface area contributed by atoms with E-state index in [0.717, 1.165) is 19.3 Å². The van der Waals surface area contributed by atoms with E-state index in [4.69, 9.17) is 5.11 Å². The summed E-state index contributed by atoms with van der Waals surface area (Å²) < 4.78 is 13.6. The van der Waals surface area contributed by atoms with E-state index < -0.39 is 5.82 Å². The lowest BCUT2D eigenvalue weighted by Crippen LogP contribution is -2.30. The van der Waals surface area contributed by atoms with E-state index in [1.165, 1.54) is 18.2 Å². The lowest BCUT2D eigenvalue weighted by molar-refractivity contribution is -0.122. The van der Waals surface area contributed by atoms with Gasteiger partial charge in [-0.05, 0) is 36.5 Å². The van der Waals surface area contributed by atoms with Crippen molar-refractivity contribution in [2.75, 3.05) is 11.9 Å². The standard InChI is InChI=1S/C17H20FNO2/c1-17(2)9-3-6-14(17)16(21)19-13-7-8-15(18)12(11-13)5-4-10-20/h7-8,11,14,20H,3,6,9-10H2,1-2H3,(H,19,21). The summed E-state index contributed by atoms with van der Waals surface area (Å²) in [7, 11) is 0. The van der Waals surface area contributed by atoms with E-state index in [1.807, 2.05) is 0 Å². The Kier molecular flexibility index (Phi) is 4.64. The third-order valence-electron chi connectivity index (χ3n) is 4.11. The van der Waals surface area contributed by atoms with Crippen molar-refractivity contribution >= 4 is 11.6 Å². The monoisotopic (exact) mass is 289 g/mol. The second-order valence-electron chi connectivity index (χ2n) is 6.08. The molecule has 0 spiro atoms. The second kappa shape index (κ2) is 6.28. The first-order chi connectivity index (χ1) is 9.94. The molecule has 1 fully saturated rings. The molecule has 1 amide bonds. The largest absolute Gasteiger partial charge is 0.384 e. The maximum atomic E-state index is 13.6. The van der Waals surface area contributed by atoms with E-state index in [1.54, 1.807) is 0 Å². The summed E-state index contributed by atoms with van der Waals surface area (Å²) in [6, 6.07) is 4.30. The topological polar surface area (TPSA) is 49.3 Å². The summed E-state index contributed by atoms with van der Waals surface area (Å²) in [5.74, 6) is 4.44. The number of benzene rings is 1. The average molecular weight is 289 g/mol. The lowest BCUT2D eigenvalue weighted by atomic mass is 9.81. The van der Waals surface area contributed by atoms with E-state index in [-0.39, 0.29) is 29.4 Å². The van der Waals surface area contributed by atoms with Gasteiger partial charge in [0.2, 0.25) is 5.91 Å². The van der Waals surface area contributed by atoms with Crippen LogP contribution in [-0.2, 0) is 4.79 Å². The molecule has 21 heavy (non-hydrogen) atoms.